The van der Waals surface area contributed by atoms with Gasteiger partial charge in [0.25, 0.3) is 0 Å². The molecule has 2 heterocycles. The van der Waals surface area contributed by atoms with Crippen molar-refractivity contribution in [3.8, 4) is 11.1 Å². The van der Waals surface area contributed by atoms with Crippen molar-refractivity contribution in [2.45, 2.75) is 6.92 Å². The van der Waals surface area contributed by atoms with E-state index in [2.05, 4.69) is 15.4 Å². The Kier molecular flexibility index (Phi) is 4.27. The van der Waals surface area contributed by atoms with E-state index in [1.54, 1.807) is 7.11 Å². The largest absolute Gasteiger partial charge is 0.383 e. The Morgan fingerprint density at radius 2 is 2.05 bits per heavy atom. The van der Waals surface area contributed by atoms with Crippen LogP contribution < -0.4 is 5.32 Å². The van der Waals surface area contributed by atoms with Gasteiger partial charge in [0, 0.05) is 36.0 Å². The second-order valence-electron chi connectivity index (χ2n) is 5.00. The molecule has 1 aromatic carbocycles. The molecule has 0 saturated carbocycles. The van der Waals surface area contributed by atoms with Crippen molar-refractivity contribution in [1.29, 1.82) is 0 Å². The second-order valence-corrected chi connectivity index (χ2v) is 5.44. The van der Waals surface area contributed by atoms with Crippen LogP contribution in [0.3, 0.4) is 0 Å². The van der Waals surface area contributed by atoms with Gasteiger partial charge in [0.15, 0.2) is 5.65 Å². The molecule has 0 spiro atoms. The third-order valence-electron chi connectivity index (χ3n) is 3.37. The average Bonchev–Trinajstić information content (AvgIpc) is 2.92. The van der Waals surface area contributed by atoms with Crippen LogP contribution in [-0.2, 0) is 4.74 Å². The SMILES string of the molecule is COCCNc1cc(C)nc2c(-c3ccc(Cl)cc3)cnn12. The van der Waals surface area contributed by atoms with Crippen LogP contribution in [-0.4, -0.2) is 34.9 Å². The number of aryl methyl sites for hydroxylation is 1. The van der Waals surface area contributed by atoms with Gasteiger partial charge in [-0.15, -0.1) is 0 Å². The maximum atomic E-state index is 5.95. The fourth-order valence-corrected chi connectivity index (χ4v) is 2.45. The average molecular weight is 317 g/mol. The van der Waals surface area contributed by atoms with Crippen molar-refractivity contribution in [2.75, 3.05) is 25.6 Å². The minimum absolute atomic E-state index is 0.633. The number of anilines is 1. The lowest BCUT2D eigenvalue weighted by atomic mass is 10.1. The van der Waals surface area contributed by atoms with E-state index < -0.39 is 0 Å². The normalized spacial score (nSPS) is 11.0. The number of ether oxygens (including phenoxy) is 1. The molecular weight excluding hydrogens is 300 g/mol. The molecule has 0 atom stereocenters. The number of hydrogen-bond donors (Lipinski definition) is 1. The highest BCUT2D eigenvalue weighted by Gasteiger charge is 2.11. The highest BCUT2D eigenvalue weighted by Crippen LogP contribution is 2.26. The molecule has 1 N–H and O–H groups in total. The molecule has 0 amide bonds. The van der Waals surface area contributed by atoms with Gasteiger partial charge in [-0.3, -0.25) is 0 Å². The van der Waals surface area contributed by atoms with Crippen molar-refractivity contribution in [3.05, 3.63) is 47.2 Å². The highest BCUT2D eigenvalue weighted by atomic mass is 35.5. The summed E-state index contributed by atoms with van der Waals surface area (Å²) < 4.78 is 6.88. The van der Waals surface area contributed by atoms with E-state index in [1.165, 1.54) is 0 Å². The number of hydrogen-bond acceptors (Lipinski definition) is 4. The maximum absolute atomic E-state index is 5.95. The third kappa shape index (κ3) is 2.91. The van der Waals surface area contributed by atoms with Gasteiger partial charge >= 0.3 is 0 Å². The number of aromatic nitrogens is 3. The maximum Gasteiger partial charge on any atom is 0.165 e. The van der Waals surface area contributed by atoms with Crippen molar-refractivity contribution >= 4 is 23.1 Å². The third-order valence-corrected chi connectivity index (χ3v) is 3.62. The number of rotatable bonds is 5. The van der Waals surface area contributed by atoms with Gasteiger partial charge in [-0.05, 0) is 24.6 Å². The molecule has 0 unspecified atom stereocenters. The van der Waals surface area contributed by atoms with Crippen LogP contribution in [0.2, 0.25) is 5.02 Å². The molecule has 5 nitrogen and oxygen atoms in total. The van der Waals surface area contributed by atoms with Gasteiger partial charge in [-0.2, -0.15) is 9.61 Å². The smallest absolute Gasteiger partial charge is 0.165 e. The van der Waals surface area contributed by atoms with Crippen LogP contribution >= 0.6 is 11.6 Å². The molecule has 3 rings (SSSR count). The van der Waals surface area contributed by atoms with Crippen LogP contribution in [0.1, 0.15) is 5.69 Å². The van der Waals surface area contributed by atoms with Crippen LogP contribution in [0.4, 0.5) is 5.82 Å². The fourth-order valence-electron chi connectivity index (χ4n) is 2.32. The topological polar surface area (TPSA) is 51.5 Å². The Hall–Kier alpha value is -2.11. The number of nitrogens with zero attached hydrogens (tertiary/aromatic N) is 3. The van der Waals surface area contributed by atoms with E-state index in [9.17, 15) is 0 Å². The summed E-state index contributed by atoms with van der Waals surface area (Å²) >= 11 is 5.95. The molecule has 6 heteroatoms. The molecular formula is C16H17ClN4O. The second kappa shape index (κ2) is 6.34. The highest BCUT2D eigenvalue weighted by molar-refractivity contribution is 6.30. The zero-order valence-corrected chi connectivity index (χ0v) is 13.3. The Bertz CT molecular complexity index is 783. The van der Waals surface area contributed by atoms with E-state index in [0.717, 1.165) is 28.3 Å². The first-order valence-corrected chi connectivity index (χ1v) is 7.41. The number of methoxy groups -OCH3 is 1. The molecule has 0 bridgehead atoms. The Labute approximate surface area is 133 Å². The van der Waals surface area contributed by atoms with E-state index in [1.807, 2.05) is 48.0 Å². The zero-order chi connectivity index (χ0) is 15.5. The number of nitrogens with one attached hydrogen (secondary N) is 1. The van der Waals surface area contributed by atoms with Gasteiger partial charge < -0.3 is 10.1 Å². The minimum Gasteiger partial charge on any atom is -0.383 e. The van der Waals surface area contributed by atoms with Gasteiger partial charge in [-0.25, -0.2) is 4.98 Å². The lowest BCUT2D eigenvalue weighted by molar-refractivity contribution is 0.210. The summed E-state index contributed by atoms with van der Waals surface area (Å²) in [4.78, 5) is 4.62. The van der Waals surface area contributed by atoms with Crippen LogP contribution in [0.25, 0.3) is 16.8 Å². The summed E-state index contributed by atoms with van der Waals surface area (Å²) in [6, 6.07) is 9.66. The summed E-state index contributed by atoms with van der Waals surface area (Å²) in [6.07, 6.45) is 1.83. The predicted molar refractivity (Wildman–Crippen MR) is 88.5 cm³/mol. The van der Waals surface area contributed by atoms with Gasteiger partial charge in [0.1, 0.15) is 5.82 Å². The molecule has 114 valence electrons. The molecule has 0 fully saturated rings. The Balaban J connectivity index is 2.04. The summed E-state index contributed by atoms with van der Waals surface area (Å²) in [5.74, 6) is 0.903. The number of fused-ring (bicyclic) bond motifs is 1. The van der Waals surface area contributed by atoms with Gasteiger partial charge in [0.05, 0.1) is 12.8 Å². The molecule has 0 aliphatic rings. The summed E-state index contributed by atoms with van der Waals surface area (Å²) in [5, 5.41) is 8.49. The lowest BCUT2D eigenvalue weighted by Gasteiger charge is -2.09. The van der Waals surface area contributed by atoms with E-state index in [4.69, 9.17) is 16.3 Å². The minimum atomic E-state index is 0.633. The van der Waals surface area contributed by atoms with Crippen LogP contribution in [0, 0.1) is 6.92 Å². The lowest BCUT2D eigenvalue weighted by Crippen LogP contribution is -2.11. The first kappa shape index (κ1) is 14.8. The Morgan fingerprint density at radius 1 is 1.27 bits per heavy atom. The fraction of sp³-hybridized carbons (Fsp3) is 0.250. The van der Waals surface area contributed by atoms with E-state index in [0.29, 0.717) is 18.2 Å². The summed E-state index contributed by atoms with van der Waals surface area (Å²) in [6.45, 7) is 3.32. The van der Waals surface area contributed by atoms with Gasteiger partial charge in [-0.1, -0.05) is 23.7 Å². The summed E-state index contributed by atoms with van der Waals surface area (Å²) in [5.41, 5.74) is 3.78. The van der Waals surface area contributed by atoms with Crippen molar-refractivity contribution < 1.29 is 4.74 Å². The monoisotopic (exact) mass is 316 g/mol. The molecule has 0 aliphatic carbocycles. The van der Waals surface area contributed by atoms with Crippen LogP contribution in [0.15, 0.2) is 36.5 Å². The summed E-state index contributed by atoms with van der Waals surface area (Å²) in [7, 11) is 1.68. The zero-order valence-electron chi connectivity index (χ0n) is 12.5. The first-order chi connectivity index (χ1) is 10.7. The standard InChI is InChI=1S/C16H17ClN4O/c1-11-9-15(18-7-8-22-2)21-16(20-11)14(10-19-21)12-3-5-13(17)6-4-12/h3-6,9-10,18H,7-8H2,1-2H3. The van der Waals surface area contributed by atoms with Crippen molar-refractivity contribution in [1.82, 2.24) is 14.6 Å². The number of benzene rings is 1. The molecule has 22 heavy (non-hydrogen) atoms. The van der Waals surface area contributed by atoms with Crippen molar-refractivity contribution in [2.24, 2.45) is 0 Å². The molecule has 3 aromatic rings. The number of halogens is 1. The first-order valence-electron chi connectivity index (χ1n) is 7.03. The molecule has 0 saturated heterocycles. The molecule has 0 radical (unpaired) electrons. The molecule has 2 aromatic heterocycles. The van der Waals surface area contributed by atoms with E-state index >= 15 is 0 Å². The van der Waals surface area contributed by atoms with E-state index in [-0.39, 0.29) is 0 Å². The van der Waals surface area contributed by atoms with Gasteiger partial charge in [0.2, 0.25) is 0 Å². The van der Waals surface area contributed by atoms with Crippen LogP contribution in [0.5, 0.6) is 0 Å². The quantitative estimate of drug-likeness (QED) is 0.733. The van der Waals surface area contributed by atoms with Crippen molar-refractivity contribution in [3.63, 3.8) is 0 Å². The Morgan fingerprint density at radius 3 is 2.77 bits per heavy atom. The molecule has 0 aliphatic heterocycles. The predicted octanol–water partition coefficient (Wildman–Crippen LogP) is 3.42.